The molecule has 4 aromatic rings. The molecule has 4 rings (SSSR count). The van der Waals surface area contributed by atoms with E-state index in [1.807, 2.05) is 6.92 Å². The van der Waals surface area contributed by atoms with Crippen LogP contribution in [0.25, 0.3) is 16.1 Å². The topological polar surface area (TPSA) is 126 Å². The van der Waals surface area contributed by atoms with Gasteiger partial charge in [-0.05, 0) is 31.2 Å². The number of rotatable bonds is 5. The number of carbonyl (C=O) groups is 2. The molecule has 0 radical (unpaired) electrons. The molecule has 2 amide bonds. The van der Waals surface area contributed by atoms with Gasteiger partial charge in [0.05, 0.1) is 30.5 Å². The lowest BCUT2D eigenvalue weighted by molar-refractivity contribution is 0.0822. The van der Waals surface area contributed by atoms with Crippen LogP contribution >= 0.6 is 11.3 Å². The predicted molar refractivity (Wildman–Crippen MR) is 123 cm³/mol. The lowest BCUT2D eigenvalue weighted by Crippen LogP contribution is -2.21. The van der Waals surface area contributed by atoms with Gasteiger partial charge in [0, 0.05) is 37.1 Å². The monoisotopic (exact) mass is 461 g/mol. The normalized spacial score (nSPS) is 10.6. The van der Waals surface area contributed by atoms with E-state index in [-0.39, 0.29) is 11.6 Å². The first-order valence-corrected chi connectivity index (χ1v) is 10.6. The maximum Gasteiger partial charge on any atom is 0.273 e. The van der Waals surface area contributed by atoms with E-state index < -0.39 is 5.91 Å². The predicted octanol–water partition coefficient (Wildman–Crippen LogP) is 3.00. The van der Waals surface area contributed by atoms with Crippen LogP contribution in [-0.2, 0) is 0 Å². The number of pyridine rings is 1. The van der Waals surface area contributed by atoms with E-state index in [0.29, 0.717) is 43.8 Å². The van der Waals surface area contributed by atoms with Crippen LogP contribution in [0.15, 0.2) is 36.7 Å². The van der Waals surface area contributed by atoms with Crippen LogP contribution in [0.5, 0.6) is 5.75 Å². The third kappa shape index (κ3) is 4.24. The van der Waals surface area contributed by atoms with Crippen LogP contribution in [-0.4, -0.2) is 57.5 Å². The fourth-order valence-corrected chi connectivity index (χ4v) is 3.98. The Kier molecular flexibility index (Phi) is 5.76. The molecular formula is C22H19N7O3S. The maximum absolute atomic E-state index is 13.2. The molecule has 1 N–H and O–H groups in total. The molecule has 0 bridgehead atoms. The maximum atomic E-state index is 13.2. The lowest BCUT2D eigenvalue weighted by atomic mass is 9.97. The van der Waals surface area contributed by atoms with Crippen molar-refractivity contribution in [2.24, 2.45) is 0 Å². The highest BCUT2D eigenvalue weighted by molar-refractivity contribution is 7.20. The average molecular weight is 462 g/mol. The van der Waals surface area contributed by atoms with Crippen LogP contribution in [0, 0.1) is 18.3 Å². The highest BCUT2D eigenvalue weighted by Gasteiger charge is 2.20. The SMILES string of the molecule is COc1ccc(C#N)cc1-c1cc(C)ncc1C(=O)Nc1nn2cc(C(=O)N(C)C)nc2s1. The zero-order chi connectivity index (χ0) is 23.7. The largest absolute Gasteiger partial charge is 0.496 e. The summed E-state index contributed by atoms with van der Waals surface area (Å²) in [5.41, 5.74) is 2.89. The Bertz CT molecular complexity index is 1400. The Morgan fingerprint density at radius 2 is 2.03 bits per heavy atom. The van der Waals surface area contributed by atoms with Crippen molar-refractivity contribution in [3.8, 4) is 22.9 Å². The number of methoxy groups -OCH3 is 1. The van der Waals surface area contributed by atoms with Gasteiger partial charge in [0.15, 0.2) is 0 Å². The molecule has 0 atom stereocenters. The van der Waals surface area contributed by atoms with Crippen molar-refractivity contribution in [3.63, 3.8) is 0 Å². The number of hydrogen-bond donors (Lipinski definition) is 1. The Morgan fingerprint density at radius 3 is 2.70 bits per heavy atom. The van der Waals surface area contributed by atoms with Crippen molar-refractivity contribution >= 4 is 33.2 Å². The fraction of sp³-hybridized carbons (Fsp3) is 0.182. The number of hydrogen-bond acceptors (Lipinski definition) is 8. The van der Waals surface area contributed by atoms with E-state index in [2.05, 4.69) is 26.5 Å². The molecule has 0 saturated heterocycles. The smallest absolute Gasteiger partial charge is 0.273 e. The molecule has 0 fully saturated rings. The molecule has 0 aliphatic rings. The molecule has 166 valence electrons. The van der Waals surface area contributed by atoms with Crippen LogP contribution in [0.3, 0.4) is 0 Å². The molecule has 11 heteroatoms. The Hall–Kier alpha value is -4.30. The number of fused-ring (bicyclic) bond motifs is 1. The van der Waals surface area contributed by atoms with E-state index in [9.17, 15) is 14.9 Å². The third-order valence-electron chi connectivity index (χ3n) is 4.79. The van der Waals surface area contributed by atoms with E-state index in [1.54, 1.807) is 38.4 Å². The molecule has 33 heavy (non-hydrogen) atoms. The second-order valence-electron chi connectivity index (χ2n) is 7.31. The summed E-state index contributed by atoms with van der Waals surface area (Å²) in [5, 5.41) is 16.7. The van der Waals surface area contributed by atoms with Gasteiger partial charge in [-0.2, -0.15) is 5.26 Å². The third-order valence-corrected chi connectivity index (χ3v) is 5.63. The summed E-state index contributed by atoms with van der Waals surface area (Å²) in [6.07, 6.45) is 2.99. The molecule has 10 nitrogen and oxygen atoms in total. The highest BCUT2D eigenvalue weighted by Crippen LogP contribution is 2.34. The summed E-state index contributed by atoms with van der Waals surface area (Å²) in [4.78, 5) is 35.7. The van der Waals surface area contributed by atoms with Crippen LogP contribution in [0.4, 0.5) is 5.13 Å². The minimum atomic E-state index is -0.427. The van der Waals surface area contributed by atoms with Crippen molar-refractivity contribution in [1.82, 2.24) is 24.5 Å². The van der Waals surface area contributed by atoms with Crippen molar-refractivity contribution < 1.29 is 14.3 Å². The molecule has 1 aromatic carbocycles. The van der Waals surface area contributed by atoms with E-state index in [4.69, 9.17) is 4.74 Å². The number of aryl methyl sites for hydroxylation is 1. The summed E-state index contributed by atoms with van der Waals surface area (Å²) in [6, 6.07) is 8.88. The first-order chi connectivity index (χ1) is 15.8. The van der Waals surface area contributed by atoms with Crippen molar-refractivity contribution in [2.75, 3.05) is 26.5 Å². The number of benzene rings is 1. The Balaban J connectivity index is 1.68. The van der Waals surface area contributed by atoms with Crippen molar-refractivity contribution in [2.45, 2.75) is 6.92 Å². The molecular weight excluding hydrogens is 442 g/mol. The number of imidazole rings is 1. The van der Waals surface area contributed by atoms with Crippen molar-refractivity contribution in [1.29, 1.82) is 5.26 Å². The molecule has 3 aromatic heterocycles. The highest BCUT2D eigenvalue weighted by atomic mass is 32.1. The second kappa shape index (κ2) is 8.68. The van der Waals surface area contributed by atoms with E-state index in [1.165, 1.54) is 28.9 Å². The minimum absolute atomic E-state index is 0.234. The van der Waals surface area contributed by atoms with Gasteiger partial charge in [0.25, 0.3) is 11.8 Å². The molecule has 0 saturated carbocycles. The fourth-order valence-electron chi connectivity index (χ4n) is 3.20. The standard InChI is InChI=1S/C22H19N7O3S/c1-12-7-14(15-8-13(9-23)5-6-18(15)32-4)16(10-24-12)19(30)26-21-27-29-11-17(20(31)28(2)3)25-22(29)33-21/h5-8,10-11H,1-4H3,(H,26,27,30). The van der Waals surface area contributed by atoms with Gasteiger partial charge < -0.3 is 9.64 Å². The van der Waals surface area contributed by atoms with Gasteiger partial charge >= 0.3 is 0 Å². The summed E-state index contributed by atoms with van der Waals surface area (Å²) in [6.45, 7) is 1.81. The number of nitrogens with zero attached hydrogens (tertiary/aromatic N) is 6. The van der Waals surface area contributed by atoms with E-state index in [0.717, 1.165) is 11.3 Å². The number of carbonyl (C=O) groups excluding carboxylic acids is 2. The molecule has 0 unspecified atom stereocenters. The number of ether oxygens (including phenoxy) is 1. The summed E-state index contributed by atoms with van der Waals surface area (Å²) in [7, 11) is 4.81. The molecule has 0 aliphatic carbocycles. The first-order valence-electron chi connectivity index (χ1n) is 9.75. The first kappa shape index (κ1) is 21.9. The Labute approximate surface area is 193 Å². The Morgan fingerprint density at radius 1 is 1.24 bits per heavy atom. The quantitative estimate of drug-likeness (QED) is 0.484. The summed E-state index contributed by atoms with van der Waals surface area (Å²) < 4.78 is 6.90. The lowest BCUT2D eigenvalue weighted by Gasteiger charge is -2.13. The van der Waals surface area contributed by atoms with Gasteiger partial charge in [0.1, 0.15) is 11.4 Å². The number of nitriles is 1. The van der Waals surface area contributed by atoms with Crippen LogP contribution in [0.2, 0.25) is 0 Å². The van der Waals surface area contributed by atoms with Crippen LogP contribution < -0.4 is 10.1 Å². The zero-order valence-electron chi connectivity index (χ0n) is 18.3. The summed E-state index contributed by atoms with van der Waals surface area (Å²) >= 11 is 1.14. The van der Waals surface area contributed by atoms with Gasteiger partial charge in [-0.15, -0.1) is 5.10 Å². The zero-order valence-corrected chi connectivity index (χ0v) is 19.1. The van der Waals surface area contributed by atoms with Gasteiger partial charge in [0.2, 0.25) is 10.1 Å². The van der Waals surface area contributed by atoms with E-state index >= 15 is 0 Å². The van der Waals surface area contributed by atoms with Crippen molar-refractivity contribution in [3.05, 3.63) is 59.2 Å². The average Bonchev–Trinajstić information content (AvgIpc) is 3.36. The van der Waals surface area contributed by atoms with Gasteiger partial charge in [-0.3, -0.25) is 19.9 Å². The van der Waals surface area contributed by atoms with Gasteiger partial charge in [-0.25, -0.2) is 9.50 Å². The van der Waals surface area contributed by atoms with Gasteiger partial charge in [-0.1, -0.05) is 11.3 Å². The second-order valence-corrected chi connectivity index (χ2v) is 8.27. The molecule has 0 aliphatic heterocycles. The molecule has 0 spiro atoms. The minimum Gasteiger partial charge on any atom is -0.496 e. The number of anilines is 1. The van der Waals surface area contributed by atoms with Crippen LogP contribution in [0.1, 0.15) is 32.1 Å². The summed E-state index contributed by atoms with van der Waals surface area (Å²) in [5.74, 6) is -0.134. The number of nitrogens with one attached hydrogen (secondary N) is 1. The molecule has 3 heterocycles. The number of aromatic nitrogens is 4. The number of amides is 2.